The average Bonchev–Trinajstić information content (AvgIpc) is 2.61. The molecule has 0 spiro atoms. The summed E-state index contributed by atoms with van der Waals surface area (Å²) < 4.78 is 10.1. The number of aliphatic imine (C=N–C) groups is 1. The van der Waals surface area contributed by atoms with Gasteiger partial charge >= 0.3 is 11.9 Å². The Morgan fingerprint density at radius 3 is 2.65 bits per heavy atom. The van der Waals surface area contributed by atoms with Gasteiger partial charge in [-0.3, -0.25) is 9.98 Å². The first-order chi connectivity index (χ1) is 12.4. The van der Waals surface area contributed by atoms with Crippen LogP contribution in [0.5, 0.6) is 5.75 Å². The van der Waals surface area contributed by atoms with Gasteiger partial charge in [-0.15, -0.1) is 0 Å². The molecule has 0 N–H and O–H groups in total. The Labute approximate surface area is 156 Å². The summed E-state index contributed by atoms with van der Waals surface area (Å²) in [5, 5.41) is 0.377. The van der Waals surface area contributed by atoms with Gasteiger partial charge in [-0.2, -0.15) is 0 Å². The van der Waals surface area contributed by atoms with E-state index in [1.54, 1.807) is 30.5 Å². The molecule has 0 bridgehead atoms. The van der Waals surface area contributed by atoms with Crippen LogP contribution in [0, 0.1) is 5.92 Å². The van der Waals surface area contributed by atoms with Crippen LogP contribution in [0.4, 0.5) is 0 Å². The molecule has 0 aliphatic carbocycles. The predicted molar refractivity (Wildman–Crippen MR) is 98.9 cm³/mol. The Bertz CT molecular complexity index is 806. The van der Waals surface area contributed by atoms with Gasteiger partial charge in [-0.1, -0.05) is 25.4 Å². The van der Waals surface area contributed by atoms with Crippen molar-refractivity contribution in [2.45, 2.75) is 19.9 Å². The fraction of sp³-hybridized carbons (Fsp3) is 0.263. The quantitative estimate of drug-likeness (QED) is 0.439. The van der Waals surface area contributed by atoms with Crippen molar-refractivity contribution in [2.24, 2.45) is 10.9 Å². The molecule has 7 heteroatoms. The second kappa shape index (κ2) is 9.10. The molecule has 0 aliphatic rings. The largest absolute Gasteiger partial charge is 0.467 e. The van der Waals surface area contributed by atoms with E-state index in [0.717, 1.165) is 0 Å². The molecule has 1 atom stereocenters. The Balaban J connectivity index is 2.20. The van der Waals surface area contributed by atoms with Crippen molar-refractivity contribution in [1.82, 2.24) is 4.98 Å². The minimum Gasteiger partial charge on any atom is -0.467 e. The number of esters is 2. The van der Waals surface area contributed by atoms with Crippen molar-refractivity contribution in [3.05, 3.63) is 58.9 Å². The SMILES string of the molecule is COC(=O)C(N=Cc1cc(Cl)cc(OC(=O)c2cccnc2)c1)C(C)C. The Morgan fingerprint density at radius 1 is 1.27 bits per heavy atom. The highest BCUT2D eigenvalue weighted by atomic mass is 35.5. The monoisotopic (exact) mass is 374 g/mol. The highest BCUT2D eigenvalue weighted by Crippen LogP contribution is 2.21. The van der Waals surface area contributed by atoms with Gasteiger partial charge in [-0.05, 0) is 41.8 Å². The molecule has 2 aromatic rings. The number of carbonyl (C=O) groups is 2. The molecule has 0 aliphatic heterocycles. The van der Waals surface area contributed by atoms with E-state index >= 15 is 0 Å². The first-order valence-electron chi connectivity index (χ1n) is 7.94. The Hall–Kier alpha value is -2.73. The Morgan fingerprint density at radius 2 is 2.04 bits per heavy atom. The lowest BCUT2D eigenvalue weighted by atomic mass is 10.1. The zero-order valence-corrected chi connectivity index (χ0v) is 15.4. The zero-order chi connectivity index (χ0) is 19.1. The summed E-state index contributed by atoms with van der Waals surface area (Å²) >= 11 is 6.09. The molecule has 0 saturated heterocycles. The van der Waals surface area contributed by atoms with Gasteiger partial charge in [0, 0.05) is 23.6 Å². The van der Waals surface area contributed by atoms with Crippen LogP contribution in [0.25, 0.3) is 0 Å². The molecule has 0 radical (unpaired) electrons. The van der Waals surface area contributed by atoms with Crippen molar-refractivity contribution in [1.29, 1.82) is 0 Å². The molecule has 136 valence electrons. The fourth-order valence-electron chi connectivity index (χ4n) is 2.16. The highest BCUT2D eigenvalue weighted by molar-refractivity contribution is 6.31. The maximum atomic E-state index is 12.1. The van der Waals surface area contributed by atoms with E-state index < -0.39 is 18.0 Å². The molecule has 26 heavy (non-hydrogen) atoms. The Kier molecular flexibility index (Phi) is 6.86. The third kappa shape index (κ3) is 5.39. The molecular weight excluding hydrogens is 356 g/mol. The van der Waals surface area contributed by atoms with Crippen LogP contribution < -0.4 is 4.74 Å². The van der Waals surface area contributed by atoms with Crippen molar-refractivity contribution < 1.29 is 19.1 Å². The number of rotatable bonds is 6. The number of pyridine rings is 1. The first-order valence-corrected chi connectivity index (χ1v) is 8.32. The zero-order valence-electron chi connectivity index (χ0n) is 14.7. The van der Waals surface area contributed by atoms with Crippen molar-refractivity contribution in [2.75, 3.05) is 7.11 Å². The summed E-state index contributed by atoms with van der Waals surface area (Å²) in [6.45, 7) is 3.75. The van der Waals surface area contributed by atoms with Crippen LogP contribution >= 0.6 is 11.6 Å². The number of aromatic nitrogens is 1. The lowest BCUT2D eigenvalue weighted by Crippen LogP contribution is -2.26. The maximum Gasteiger partial charge on any atom is 0.345 e. The minimum absolute atomic E-state index is 0.0271. The first kappa shape index (κ1) is 19.6. The standard InChI is InChI=1S/C19H19ClN2O4/c1-12(2)17(19(24)25-3)22-10-13-7-15(20)9-16(8-13)26-18(23)14-5-4-6-21-11-14/h4-12,17H,1-3H3. The summed E-state index contributed by atoms with van der Waals surface area (Å²) in [5.74, 6) is -0.716. The maximum absolute atomic E-state index is 12.1. The van der Waals surface area contributed by atoms with E-state index in [2.05, 4.69) is 9.98 Å². The van der Waals surface area contributed by atoms with Crippen molar-refractivity contribution in [3.8, 4) is 5.75 Å². The second-order valence-corrected chi connectivity index (χ2v) is 6.28. The molecule has 2 rings (SSSR count). The van der Waals surface area contributed by atoms with E-state index in [4.69, 9.17) is 21.1 Å². The minimum atomic E-state index is -0.625. The van der Waals surface area contributed by atoms with Gasteiger partial charge in [0.2, 0.25) is 0 Å². The highest BCUT2D eigenvalue weighted by Gasteiger charge is 2.21. The summed E-state index contributed by atoms with van der Waals surface area (Å²) in [5.41, 5.74) is 0.925. The van der Waals surface area contributed by atoms with Crippen LogP contribution in [-0.2, 0) is 9.53 Å². The number of methoxy groups -OCH3 is 1. The number of hydrogen-bond donors (Lipinski definition) is 0. The summed E-state index contributed by atoms with van der Waals surface area (Å²) in [4.78, 5) is 32.0. The van der Waals surface area contributed by atoms with Crippen molar-refractivity contribution in [3.63, 3.8) is 0 Å². The lowest BCUT2D eigenvalue weighted by molar-refractivity contribution is -0.143. The molecular formula is C19H19ClN2O4. The van der Waals surface area contributed by atoms with Crippen LogP contribution in [0.2, 0.25) is 5.02 Å². The average molecular weight is 375 g/mol. The molecule has 1 aromatic heterocycles. The molecule has 0 fully saturated rings. The number of benzene rings is 1. The van der Waals surface area contributed by atoms with Gasteiger partial charge in [0.1, 0.15) is 11.8 Å². The van der Waals surface area contributed by atoms with E-state index in [0.29, 0.717) is 16.1 Å². The van der Waals surface area contributed by atoms with Gasteiger partial charge < -0.3 is 9.47 Å². The van der Waals surface area contributed by atoms with E-state index in [1.165, 1.54) is 25.6 Å². The van der Waals surface area contributed by atoms with Gasteiger partial charge in [0.05, 0.1) is 12.7 Å². The molecule has 0 saturated carbocycles. The van der Waals surface area contributed by atoms with Gasteiger partial charge in [-0.25, -0.2) is 9.59 Å². The van der Waals surface area contributed by atoms with Crippen LogP contribution in [0.15, 0.2) is 47.7 Å². The summed E-state index contributed by atoms with van der Waals surface area (Å²) in [6.07, 6.45) is 4.49. The molecule has 6 nitrogen and oxygen atoms in total. The van der Waals surface area contributed by atoms with Gasteiger partial charge in [0.25, 0.3) is 0 Å². The van der Waals surface area contributed by atoms with Gasteiger partial charge in [0.15, 0.2) is 0 Å². The van der Waals surface area contributed by atoms with Crippen LogP contribution in [-0.4, -0.2) is 36.3 Å². The van der Waals surface area contributed by atoms with E-state index in [9.17, 15) is 9.59 Å². The second-order valence-electron chi connectivity index (χ2n) is 5.84. The molecule has 1 heterocycles. The van der Waals surface area contributed by atoms with Crippen molar-refractivity contribution >= 4 is 29.8 Å². The normalized spacial score (nSPS) is 12.2. The third-order valence-electron chi connectivity index (χ3n) is 3.46. The smallest absolute Gasteiger partial charge is 0.345 e. The predicted octanol–water partition coefficient (Wildman–Crippen LogP) is 3.57. The third-order valence-corrected chi connectivity index (χ3v) is 3.68. The number of halogens is 1. The number of nitrogens with zero attached hydrogens (tertiary/aromatic N) is 2. The number of hydrogen-bond acceptors (Lipinski definition) is 6. The van der Waals surface area contributed by atoms with Crippen LogP contribution in [0.1, 0.15) is 29.8 Å². The topological polar surface area (TPSA) is 77.9 Å². The van der Waals surface area contributed by atoms with E-state index in [-0.39, 0.29) is 11.7 Å². The summed E-state index contributed by atoms with van der Waals surface area (Å²) in [7, 11) is 1.32. The van der Waals surface area contributed by atoms with Crippen LogP contribution in [0.3, 0.4) is 0 Å². The fourth-order valence-corrected chi connectivity index (χ4v) is 2.39. The molecule has 1 unspecified atom stereocenters. The summed E-state index contributed by atoms with van der Waals surface area (Å²) in [6, 6.07) is 7.41. The number of ether oxygens (including phenoxy) is 2. The molecule has 0 amide bonds. The number of carbonyl (C=O) groups excluding carboxylic acids is 2. The lowest BCUT2D eigenvalue weighted by Gasteiger charge is -2.13. The van der Waals surface area contributed by atoms with E-state index in [1.807, 2.05) is 13.8 Å². The molecule has 1 aromatic carbocycles.